The summed E-state index contributed by atoms with van der Waals surface area (Å²) in [6.45, 7) is 4.96. The van der Waals surface area contributed by atoms with Gasteiger partial charge in [-0.1, -0.05) is 32.0 Å². The number of hydrogen-bond donors (Lipinski definition) is 0. The van der Waals surface area contributed by atoms with Crippen LogP contribution in [0.15, 0.2) is 53.5 Å². The molecule has 5 heteroatoms. The third-order valence-electron chi connectivity index (χ3n) is 4.36. The van der Waals surface area contributed by atoms with Crippen LogP contribution in [-0.4, -0.2) is 31.2 Å². The quantitative estimate of drug-likeness (QED) is 0.766. The zero-order chi connectivity index (χ0) is 18.7. The van der Waals surface area contributed by atoms with Crippen molar-refractivity contribution >= 4 is 29.0 Å². The van der Waals surface area contributed by atoms with Crippen LogP contribution in [0.25, 0.3) is 0 Å². The van der Waals surface area contributed by atoms with Crippen LogP contribution in [0.5, 0.6) is 0 Å². The van der Waals surface area contributed by atoms with Gasteiger partial charge < -0.3 is 9.64 Å². The molecule has 5 nitrogen and oxygen atoms in total. The van der Waals surface area contributed by atoms with Gasteiger partial charge in [-0.15, -0.1) is 0 Å². The van der Waals surface area contributed by atoms with E-state index in [0.717, 1.165) is 17.7 Å². The maximum atomic E-state index is 12.9. The molecule has 0 saturated carbocycles. The Labute approximate surface area is 153 Å². The molecular weight excluding hydrogens is 328 g/mol. The molecule has 0 atom stereocenters. The number of carbonyl (C=O) groups is 2. The minimum absolute atomic E-state index is 0.0797. The number of ether oxygens (including phenoxy) is 1. The van der Waals surface area contributed by atoms with Gasteiger partial charge in [0.15, 0.2) is 0 Å². The molecule has 0 saturated heterocycles. The molecule has 0 radical (unpaired) electrons. The summed E-state index contributed by atoms with van der Waals surface area (Å²) < 4.78 is 4.70. The summed E-state index contributed by atoms with van der Waals surface area (Å²) >= 11 is 0. The number of benzene rings is 2. The van der Waals surface area contributed by atoms with E-state index in [1.807, 2.05) is 24.3 Å². The molecule has 3 rings (SSSR count). The van der Waals surface area contributed by atoms with Gasteiger partial charge in [-0.25, -0.2) is 9.79 Å². The van der Waals surface area contributed by atoms with Gasteiger partial charge >= 0.3 is 5.97 Å². The van der Waals surface area contributed by atoms with Crippen molar-refractivity contribution in [3.8, 4) is 0 Å². The van der Waals surface area contributed by atoms with Crippen LogP contribution >= 0.6 is 0 Å². The maximum Gasteiger partial charge on any atom is 0.337 e. The molecular formula is C21H22N2O3. The van der Waals surface area contributed by atoms with Gasteiger partial charge in [0.05, 0.1) is 24.0 Å². The Morgan fingerprint density at radius 3 is 2.46 bits per heavy atom. The summed E-state index contributed by atoms with van der Waals surface area (Å²) in [4.78, 5) is 30.8. The molecule has 1 aliphatic rings. The van der Waals surface area contributed by atoms with Crippen molar-refractivity contribution in [1.29, 1.82) is 0 Å². The molecule has 0 spiro atoms. The first kappa shape index (κ1) is 17.9. The number of aliphatic imine (C=N–C) groups is 1. The molecule has 0 N–H and O–H groups in total. The first-order valence-corrected chi connectivity index (χ1v) is 8.69. The van der Waals surface area contributed by atoms with Crippen molar-refractivity contribution in [3.63, 3.8) is 0 Å². The second-order valence-corrected chi connectivity index (χ2v) is 6.66. The Morgan fingerprint density at radius 2 is 1.81 bits per heavy atom. The van der Waals surface area contributed by atoms with Crippen molar-refractivity contribution in [1.82, 2.24) is 0 Å². The van der Waals surface area contributed by atoms with Crippen LogP contribution in [-0.2, 0) is 9.53 Å². The zero-order valence-electron chi connectivity index (χ0n) is 15.2. The summed E-state index contributed by atoms with van der Waals surface area (Å²) in [5, 5.41) is 0. The van der Waals surface area contributed by atoms with Gasteiger partial charge in [0.2, 0.25) is 0 Å². The van der Waals surface area contributed by atoms with Crippen molar-refractivity contribution in [2.24, 2.45) is 10.9 Å². The third kappa shape index (κ3) is 3.52. The first-order chi connectivity index (χ1) is 12.5. The second-order valence-electron chi connectivity index (χ2n) is 6.66. The molecule has 0 unspecified atom stereocenters. The van der Waals surface area contributed by atoms with Gasteiger partial charge in [0.25, 0.3) is 5.91 Å². The van der Waals surface area contributed by atoms with E-state index < -0.39 is 5.97 Å². The molecule has 0 fully saturated rings. The number of fused-ring (bicyclic) bond motifs is 1. The number of nitrogens with zero attached hydrogens (tertiary/aromatic N) is 2. The number of amides is 1. The van der Waals surface area contributed by atoms with Gasteiger partial charge in [0, 0.05) is 12.1 Å². The molecule has 0 bridgehead atoms. The number of rotatable bonds is 5. The van der Waals surface area contributed by atoms with Crippen LogP contribution in [0.1, 0.15) is 36.2 Å². The highest BCUT2D eigenvalue weighted by Gasteiger charge is 2.33. The fraction of sp³-hybridized carbons (Fsp3) is 0.286. The van der Waals surface area contributed by atoms with Gasteiger partial charge in [-0.3, -0.25) is 4.79 Å². The van der Waals surface area contributed by atoms with Gasteiger partial charge in [-0.05, 0) is 42.7 Å². The fourth-order valence-corrected chi connectivity index (χ4v) is 2.90. The third-order valence-corrected chi connectivity index (χ3v) is 4.36. The highest BCUT2D eigenvalue weighted by molar-refractivity contribution is 6.54. The average molecular weight is 350 g/mol. The normalized spacial score (nSPS) is 14.8. The number of methoxy groups -OCH3 is 1. The molecule has 134 valence electrons. The Hall–Kier alpha value is -2.95. The minimum atomic E-state index is -0.397. The molecule has 26 heavy (non-hydrogen) atoms. The van der Waals surface area contributed by atoms with E-state index in [1.165, 1.54) is 7.11 Å². The maximum absolute atomic E-state index is 12.9. The Kier molecular flexibility index (Phi) is 5.16. The number of hydrogen-bond acceptors (Lipinski definition) is 4. The van der Waals surface area contributed by atoms with E-state index in [-0.39, 0.29) is 5.91 Å². The zero-order valence-corrected chi connectivity index (χ0v) is 15.2. The predicted octanol–water partition coefficient (Wildman–Crippen LogP) is 3.99. The standard InChI is InChI=1S/C21H22N2O3/c1-14(2)12-13-23-18-7-5-4-6-17(18)19(20(23)24)22-16-10-8-15(9-11-16)21(25)26-3/h4-11,14H,12-13H2,1-3H3. The average Bonchev–Trinajstić information content (AvgIpc) is 2.91. The molecule has 1 heterocycles. The topological polar surface area (TPSA) is 59.0 Å². The number of carbonyl (C=O) groups excluding carboxylic acids is 2. The Morgan fingerprint density at radius 1 is 1.12 bits per heavy atom. The second kappa shape index (κ2) is 7.52. The van der Waals surface area contributed by atoms with E-state index in [9.17, 15) is 9.59 Å². The number of esters is 1. The van der Waals surface area contributed by atoms with Crippen LogP contribution in [0, 0.1) is 5.92 Å². The van der Waals surface area contributed by atoms with E-state index >= 15 is 0 Å². The Bertz CT molecular complexity index is 854. The van der Waals surface area contributed by atoms with Crippen LogP contribution < -0.4 is 4.90 Å². The molecule has 2 aromatic carbocycles. The summed E-state index contributed by atoms with van der Waals surface area (Å²) in [6, 6.07) is 14.4. The lowest BCUT2D eigenvalue weighted by Crippen LogP contribution is -2.31. The molecule has 2 aromatic rings. The van der Waals surface area contributed by atoms with Gasteiger partial charge in [0.1, 0.15) is 5.71 Å². The summed E-state index contributed by atoms with van der Waals surface area (Å²) in [6.07, 6.45) is 0.932. The smallest absolute Gasteiger partial charge is 0.337 e. The fourth-order valence-electron chi connectivity index (χ4n) is 2.90. The highest BCUT2D eigenvalue weighted by Crippen LogP contribution is 2.31. The lowest BCUT2D eigenvalue weighted by molar-refractivity contribution is -0.112. The number of para-hydroxylation sites is 1. The van der Waals surface area contributed by atoms with Crippen molar-refractivity contribution in [3.05, 3.63) is 59.7 Å². The van der Waals surface area contributed by atoms with E-state index in [0.29, 0.717) is 29.4 Å². The first-order valence-electron chi connectivity index (χ1n) is 8.69. The van der Waals surface area contributed by atoms with Crippen molar-refractivity contribution in [2.75, 3.05) is 18.6 Å². The largest absolute Gasteiger partial charge is 0.465 e. The number of anilines is 1. The Balaban J connectivity index is 1.93. The summed E-state index contributed by atoms with van der Waals surface area (Å²) in [5.74, 6) is 0.0389. The lowest BCUT2D eigenvalue weighted by Gasteiger charge is -2.17. The van der Waals surface area contributed by atoms with Crippen molar-refractivity contribution < 1.29 is 14.3 Å². The monoisotopic (exact) mass is 350 g/mol. The molecule has 1 aliphatic heterocycles. The van der Waals surface area contributed by atoms with Crippen molar-refractivity contribution in [2.45, 2.75) is 20.3 Å². The molecule has 1 amide bonds. The summed E-state index contributed by atoms with van der Waals surface area (Å²) in [5.41, 5.74) is 3.27. The SMILES string of the molecule is COC(=O)c1ccc(N=C2C(=O)N(CCC(C)C)c3ccccc32)cc1. The lowest BCUT2D eigenvalue weighted by atomic mass is 10.1. The van der Waals surface area contributed by atoms with Gasteiger partial charge in [-0.2, -0.15) is 0 Å². The predicted molar refractivity (Wildman–Crippen MR) is 102 cm³/mol. The summed E-state index contributed by atoms with van der Waals surface area (Å²) in [7, 11) is 1.34. The van der Waals surface area contributed by atoms with E-state index in [1.54, 1.807) is 29.2 Å². The minimum Gasteiger partial charge on any atom is -0.465 e. The molecule has 0 aromatic heterocycles. The van der Waals surface area contributed by atoms with Crippen LogP contribution in [0.2, 0.25) is 0 Å². The van der Waals surface area contributed by atoms with Crippen LogP contribution in [0.4, 0.5) is 11.4 Å². The van der Waals surface area contributed by atoms with Crippen LogP contribution in [0.3, 0.4) is 0 Å². The van der Waals surface area contributed by atoms with E-state index in [2.05, 4.69) is 18.8 Å². The molecule has 0 aliphatic carbocycles. The van der Waals surface area contributed by atoms with E-state index in [4.69, 9.17) is 4.74 Å². The highest BCUT2D eigenvalue weighted by atomic mass is 16.5.